The van der Waals surface area contributed by atoms with Gasteiger partial charge in [0.1, 0.15) is 11.6 Å². The number of non-ortho nitro benzene ring substituents is 1. The molecule has 0 spiro atoms. The number of benzene rings is 1. The summed E-state index contributed by atoms with van der Waals surface area (Å²) in [6.07, 6.45) is 0.298. The molecule has 2 rings (SSSR count). The van der Waals surface area contributed by atoms with E-state index in [4.69, 9.17) is 21.1 Å². The summed E-state index contributed by atoms with van der Waals surface area (Å²) in [6.45, 7) is 0.948. The number of aromatic nitrogens is 1. The topological polar surface area (TPSA) is 121 Å². The lowest BCUT2D eigenvalue weighted by molar-refractivity contribution is -0.384. The first kappa shape index (κ1) is 19.1. The second-order valence-corrected chi connectivity index (χ2v) is 5.46. The number of carbonyl (C=O) groups excluding carboxylic acids is 2. The molecule has 0 unspecified atom stereocenters. The number of carbonyl (C=O) groups is 2. The lowest BCUT2D eigenvalue weighted by Crippen LogP contribution is -2.31. The number of esters is 1. The van der Waals surface area contributed by atoms with Crippen molar-refractivity contribution in [2.75, 3.05) is 11.9 Å². The fraction of sp³-hybridized carbons (Fsp3) is 0.188. The van der Waals surface area contributed by atoms with Crippen LogP contribution in [0.25, 0.3) is 0 Å². The fourth-order valence-electron chi connectivity index (χ4n) is 1.77. The van der Waals surface area contributed by atoms with Crippen LogP contribution in [-0.2, 0) is 14.3 Å². The van der Waals surface area contributed by atoms with Crippen LogP contribution in [-0.4, -0.2) is 34.5 Å². The number of pyridine rings is 1. The van der Waals surface area contributed by atoms with Gasteiger partial charge in [-0.05, 0) is 31.2 Å². The molecule has 0 aliphatic carbocycles. The fourth-order valence-corrected chi connectivity index (χ4v) is 1.88. The third kappa shape index (κ3) is 5.71. The number of amides is 1. The molecule has 1 aromatic carbocycles. The number of nitro benzene ring substituents is 1. The molecule has 0 bridgehead atoms. The smallest absolute Gasteiger partial charge is 0.344 e. The van der Waals surface area contributed by atoms with Crippen LogP contribution in [0.5, 0.6) is 5.75 Å². The molecule has 1 aromatic heterocycles. The summed E-state index contributed by atoms with van der Waals surface area (Å²) >= 11 is 5.70. The number of nitrogens with one attached hydrogen (secondary N) is 1. The summed E-state index contributed by atoms with van der Waals surface area (Å²) in [5.41, 5.74) is -0.0963. The van der Waals surface area contributed by atoms with Gasteiger partial charge in [-0.25, -0.2) is 9.78 Å². The van der Waals surface area contributed by atoms with Crippen molar-refractivity contribution in [2.45, 2.75) is 13.0 Å². The lowest BCUT2D eigenvalue weighted by Gasteiger charge is -2.13. The van der Waals surface area contributed by atoms with Crippen LogP contribution in [0, 0.1) is 10.1 Å². The largest absolute Gasteiger partial charge is 0.482 e. The molecule has 0 aliphatic rings. The Balaban J connectivity index is 1.79. The Hall–Kier alpha value is -3.20. The summed E-state index contributed by atoms with van der Waals surface area (Å²) < 4.78 is 10.1. The summed E-state index contributed by atoms with van der Waals surface area (Å²) in [5.74, 6) is -0.807. The van der Waals surface area contributed by atoms with E-state index in [1.807, 2.05) is 0 Å². The normalized spacial score (nSPS) is 11.3. The quantitative estimate of drug-likeness (QED) is 0.445. The third-order valence-electron chi connectivity index (χ3n) is 3.06. The number of ether oxygens (including phenoxy) is 2. The highest BCUT2D eigenvalue weighted by molar-refractivity contribution is 6.30. The molecule has 1 heterocycles. The first-order valence-electron chi connectivity index (χ1n) is 7.34. The number of hydrogen-bond acceptors (Lipinski definition) is 7. The summed E-state index contributed by atoms with van der Waals surface area (Å²) in [4.78, 5) is 37.6. The highest BCUT2D eigenvalue weighted by atomic mass is 35.5. The summed E-state index contributed by atoms with van der Waals surface area (Å²) in [5, 5.41) is 13.4. The van der Waals surface area contributed by atoms with E-state index in [1.54, 1.807) is 6.07 Å². The van der Waals surface area contributed by atoms with Crippen molar-refractivity contribution in [1.82, 2.24) is 4.98 Å². The molecule has 0 saturated heterocycles. The first-order valence-corrected chi connectivity index (χ1v) is 7.72. The second-order valence-electron chi connectivity index (χ2n) is 5.02. The van der Waals surface area contributed by atoms with Crippen LogP contribution in [0.15, 0.2) is 42.6 Å². The van der Waals surface area contributed by atoms with Gasteiger partial charge in [0.05, 0.1) is 9.95 Å². The van der Waals surface area contributed by atoms with Gasteiger partial charge in [-0.3, -0.25) is 14.9 Å². The van der Waals surface area contributed by atoms with E-state index in [2.05, 4.69) is 10.3 Å². The van der Waals surface area contributed by atoms with E-state index < -0.39 is 29.5 Å². The van der Waals surface area contributed by atoms with Crippen LogP contribution < -0.4 is 10.1 Å². The van der Waals surface area contributed by atoms with Gasteiger partial charge in [0.2, 0.25) is 0 Å². The maximum atomic E-state index is 11.9. The Morgan fingerprint density at radius 2 is 1.96 bits per heavy atom. The Morgan fingerprint density at radius 1 is 1.27 bits per heavy atom. The van der Waals surface area contributed by atoms with Gasteiger partial charge in [0, 0.05) is 18.3 Å². The van der Waals surface area contributed by atoms with E-state index in [0.717, 1.165) is 0 Å². The molecule has 136 valence electrons. The van der Waals surface area contributed by atoms with E-state index in [0.29, 0.717) is 5.02 Å². The molecule has 10 heteroatoms. The average Bonchev–Trinajstić information content (AvgIpc) is 2.62. The highest BCUT2D eigenvalue weighted by Crippen LogP contribution is 2.17. The van der Waals surface area contributed by atoms with Crippen LogP contribution >= 0.6 is 11.6 Å². The number of hydrogen-bond donors (Lipinski definition) is 1. The van der Waals surface area contributed by atoms with Crippen molar-refractivity contribution in [3.63, 3.8) is 0 Å². The van der Waals surface area contributed by atoms with Crippen LogP contribution in [0.1, 0.15) is 6.92 Å². The van der Waals surface area contributed by atoms with Crippen molar-refractivity contribution in [2.24, 2.45) is 0 Å². The van der Waals surface area contributed by atoms with Crippen molar-refractivity contribution < 1.29 is 24.0 Å². The Bertz CT molecular complexity index is 795. The molecule has 1 atom stereocenters. The predicted octanol–water partition coefficient (Wildman–Crippen LogP) is 2.59. The van der Waals surface area contributed by atoms with Gasteiger partial charge in [0.15, 0.2) is 12.7 Å². The second kappa shape index (κ2) is 8.77. The Kier molecular flexibility index (Phi) is 6.45. The molecule has 1 amide bonds. The van der Waals surface area contributed by atoms with Crippen LogP contribution in [0.2, 0.25) is 5.02 Å². The number of anilines is 1. The molecule has 0 aliphatic heterocycles. The minimum absolute atomic E-state index is 0.0963. The molecule has 9 nitrogen and oxygen atoms in total. The maximum absolute atomic E-state index is 11.9. The molecular weight excluding hydrogens is 366 g/mol. The lowest BCUT2D eigenvalue weighted by atomic mass is 10.3. The van der Waals surface area contributed by atoms with Crippen molar-refractivity contribution in [3.8, 4) is 5.75 Å². The minimum atomic E-state index is -1.07. The molecule has 26 heavy (non-hydrogen) atoms. The van der Waals surface area contributed by atoms with E-state index in [9.17, 15) is 19.7 Å². The van der Waals surface area contributed by atoms with Crippen LogP contribution in [0.4, 0.5) is 11.5 Å². The molecule has 0 saturated carbocycles. The van der Waals surface area contributed by atoms with Gasteiger partial charge in [-0.2, -0.15) is 0 Å². The average molecular weight is 380 g/mol. The van der Waals surface area contributed by atoms with Gasteiger partial charge in [0.25, 0.3) is 11.6 Å². The molecule has 2 aromatic rings. The zero-order chi connectivity index (χ0) is 19.1. The summed E-state index contributed by atoms with van der Waals surface area (Å²) in [6, 6.07) is 8.26. The maximum Gasteiger partial charge on any atom is 0.344 e. The summed E-state index contributed by atoms with van der Waals surface area (Å²) in [7, 11) is 0. The standard InChI is InChI=1S/C16H14ClN3O6/c1-10(16(22)19-14-7-2-11(17)8-18-14)26-15(21)9-25-13-5-3-12(4-6-13)20(23)24/h2-8,10H,9H2,1H3,(H,18,19,22)/t10-/m1/s1. The monoisotopic (exact) mass is 379 g/mol. The number of rotatable bonds is 7. The Morgan fingerprint density at radius 3 is 2.54 bits per heavy atom. The van der Waals surface area contributed by atoms with Crippen molar-refractivity contribution in [1.29, 1.82) is 0 Å². The van der Waals surface area contributed by atoms with Gasteiger partial charge in [-0.15, -0.1) is 0 Å². The van der Waals surface area contributed by atoms with E-state index in [1.165, 1.54) is 43.5 Å². The molecule has 0 radical (unpaired) electrons. The zero-order valence-electron chi connectivity index (χ0n) is 13.5. The first-order chi connectivity index (χ1) is 12.3. The van der Waals surface area contributed by atoms with Crippen molar-refractivity contribution in [3.05, 3.63) is 57.7 Å². The molecule has 1 N–H and O–H groups in total. The van der Waals surface area contributed by atoms with E-state index >= 15 is 0 Å². The van der Waals surface area contributed by atoms with E-state index in [-0.39, 0.29) is 17.3 Å². The zero-order valence-corrected chi connectivity index (χ0v) is 14.3. The SMILES string of the molecule is C[C@@H](OC(=O)COc1ccc([N+](=O)[O-])cc1)C(=O)Nc1ccc(Cl)cn1. The van der Waals surface area contributed by atoms with Gasteiger partial charge >= 0.3 is 5.97 Å². The number of halogens is 1. The van der Waals surface area contributed by atoms with Gasteiger partial charge in [-0.1, -0.05) is 11.6 Å². The number of nitro groups is 1. The third-order valence-corrected chi connectivity index (χ3v) is 3.28. The van der Waals surface area contributed by atoms with Crippen molar-refractivity contribution >= 4 is 35.0 Å². The molecule has 0 fully saturated rings. The van der Waals surface area contributed by atoms with Gasteiger partial charge < -0.3 is 14.8 Å². The highest BCUT2D eigenvalue weighted by Gasteiger charge is 2.18. The molecular formula is C16H14ClN3O6. The predicted molar refractivity (Wildman–Crippen MR) is 92.0 cm³/mol. The minimum Gasteiger partial charge on any atom is -0.482 e. The number of nitrogens with zero attached hydrogens (tertiary/aromatic N) is 2. The van der Waals surface area contributed by atoms with Crippen LogP contribution in [0.3, 0.4) is 0 Å². The Labute approximate surface area is 153 Å².